The van der Waals surface area contributed by atoms with Crippen LogP contribution in [0.1, 0.15) is 19.8 Å². The van der Waals surface area contributed by atoms with Gasteiger partial charge in [0.1, 0.15) is 0 Å². The molecule has 0 bridgehead atoms. The molecule has 0 atom stereocenters. The van der Waals surface area contributed by atoms with Crippen molar-refractivity contribution in [3.63, 3.8) is 0 Å². The number of fused-ring (bicyclic) bond motifs is 1. The molecule has 3 rings (SSSR count). The maximum atomic E-state index is 4.74. The van der Waals surface area contributed by atoms with E-state index in [9.17, 15) is 0 Å². The molecule has 1 aliphatic heterocycles. The molecule has 0 amide bonds. The number of allylic oxidation sites excluding steroid dienone is 7. The zero-order valence-electron chi connectivity index (χ0n) is 11.9. The topological polar surface area (TPSA) is 12.4 Å². The zero-order valence-corrected chi connectivity index (χ0v) is 16.9. The summed E-state index contributed by atoms with van der Waals surface area (Å²) in [6.07, 6.45) is 11.2. The molecule has 1 nitrogen and oxygen atoms in total. The van der Waals surface area contributed by atoms with Gasteiger partial charge in [-0.3, -0.25) is 4.99 Å². The molecule has 0 radical (unpaired) electrons. The average molecular weight is 402 g/mol. The summed E-state index contributed by atoms with van der Waals surface area (Å²) in [5.41, 5.74) is 6.82. The van der Waals surface area contributed by atoms with Crippen molar-refractivity contribution < 1.29 is 51.0 Å². The minimum Gasteiger partial charge on any atom is -1.00 e. The monoisotopic (exact) mass is 399 g/mol. The van der Waals surface area contributed by atoms with E-state index in [0.29, 0.717) is 0 Å². The number of nitrogens with zero attached hydrogens (tertiary/aromatic N) is 1. The molecule has 3 aliphatic rings. The molecule has 1 heterocycles. The van der Waals surface area contributed by atoms with E-state index in [2.05, 4.69) is 44.3 Å². The van der Waals surface area contributed by atoms with Crippen molar-refractivity contribution in [2.75, 3.05) is 0 Å². The molecule has 104 valence electrons. The van der Waals surface area contributed by atoms with Crippen molar-refractivity contribution >= 4 is 19.3 Å². The molecule has 0 aromatic carbocycles. The molecule has 0 aromatic heterocycles. The predicted molar refractivity (Wildman–Crippen MR) is 77.2 cm³/mol. The maximum absolute atomic E-state index is 4.74. The molecule has 20 heavy (non-hydrogen) atoms. The Kier molecular flexibility index (Phi) is 8.05. The molecule has 0 saturated heterocycles. The van der Waals surface area contributed by atoms with Gasteiger partial charge in [0, 0.05) is 25.3 Å². The van der Waals surface area contributed by atoms with Gasteiger partial charge in [0.15, 0.2) is 0 Å². The molecule has 2 aliphatic carbocycles. The van der Waals surface area contributed by atoms with Crippen molar-refractivity contribution in [3.05, 3.63) is 46.7 Å². The predicted octanol–water partition coefficient (Wildman–Crippen LogP) is -2.55. The van der Waals surface area contributed by atoms with Crippen molar-refractivity contribution in [2.45, 2.75) is 32.9 Å². The second-order valence-corrected chi connectivity index (χ2v) is 7.65. The molecule has 0 fully saturated rings. The van der Waals surface area contributed by atoms with Gasteiger partial charge in [-0.25, -0.2) is 0 Å². The van der Waals surface area contributed by atoms with Gasteiger partial charge in [0.05, 0.1) is 5.70 Å². The van der Waals surface area contributed by atoms with Gasteiger partial charge >= 0.3 is 26.2 Å². The van der Waals surface area contributed by atoms with Crippen molar-refractivity contribution in [2.24, 2.45) is 4.99 Å². The van der Waals surface area contributed by atoms with Crippen LogP contribution in [0.15, 0.2) is 51.7 Å². The van der Waals surface area contributed by atoms with E-state index in [1.807, 2.05) is 0 Å². The number of hydrogen-bond acceptors (Lipinski definition) is 1. The van der Waals surface area contributed by atoms with Gasteiger partial charge in [-0.1, -0.05) is 42.6 Å². The van der Waals surface area contributed by atoms with Gasteiger partial charge in [-0.05, 0) is 25.3 Å². The van der Waals surface area contributed by atoms with E-state index >= 15 is 0 Å². The fourth-order valence-electron chi connectivity index (χ4n) is 2.84. The SMILES string of the molecule is CC1=NC2=CCC(=[Si](C)C)C2=C1C1=CC=CC1.[Cl-].[Cl-].[Zr+2]. The smallest absolute Gasteiger partial charge is 1.00 e. The van der Waals surface area contributed by atoms with Gasteiger partial charge < -0.3 is 24.8 Å². The second kappa shape index (κ2) is 7.98. The number of hydrogen-bond donors (Lipinski definition) is 0. The summed E-state index contributed by atoms with van der Waals surface area (Å²) < 4.78 is 0. The summed E-state index contributed by atoms with van der Waals surface area (Å²) in [7, 11) is -0.364. The van der Waals surface area contributed by atoms with Crippen LogP contribution in [0, 0.1) is 0 Å². The summed E-state index contributed by atoms with van der Waals surface area (Å²) in [4.78, 5) is 4.74. The molecule has 0 saturated carbocycles. The largest absolute Gasteiger partial charge is 2.00 e. The van der Waals surface area contributed by atoms with Gasteiger partial charge in [-0.2, -0.15) is 0 Å². The van der Waals surface area contributed by atoms with Crippen LogP contribution in [0.25, 0.3) is 0 Å². The molecular formula is C15H17Cl2NSiZr. The first-order valence-electron chi connectivity index (χ1n) is 6.21. The Bertz CT molecular complexity index is 591. The van der Waals surface area contributed by atoms with E-state index in [1.54, 1.807) is 5.17 Å². The summed E-state index contributed by atoms with van der Waals surface area (Å²) in [5.74, 6) is 0. The third-order valence-electron chi connectivity index (χ3n) is 3.65. The minimum atomic E-state index is -0.364. The molecular weight excluding hydrogens is 384 g/mol. The first-order valence-corrected chi connectivity index (χ1v) is 8.71. The maximum Gasteiger partial charge on any atom is 2.00 e. The second-order valence-electron chi connectivity index (χ2n) is 5.04. The van der Waals surface area contributed by atoms with Crippen LogP contribution in [0.4, 0.5) is 0 Å². The third-order valence-corrected chi connectivity index (χ3v) is 5.31. The average Bonchev–Trinajstić information content (AvgIpc) is 2.91. The Morgan fingerprint density at radius 2 is 1.80 bits per heavy atom. The Hall–Kier alpha value is 0.180. The van der Waals surface area contributed by atoms with E-state index in [4.69, 9.17) is 4.99 Å². The van der Waals surface area contributed by atoms with E-state index < -0.39 is 0 Å². The number of aliphatic imine (C=N–C) groups is 1. The van der Waals surface area contributed by atoms with Crippen LogP contribution in [0.5, 0.6) is 0 Å². The van der Waals surface area contributed by atoms with E-state index in [0.717, 1.165) is 12.8 Å². The number of halogens is 2. The normalized spacial score (nSPS) is 18.6. The summed E-state index contributed by atoms with van der Waals surface area (Å²) >= 11 is 0. The van der Waals surface area contributed by atoms with E-state index in [-0.39, 0.29) is 59.4 Å². The Morgan fingerprint density at radius 1 is 1.10 bits per heavy atom. The van der Waals surface area contributed by atoms with Crippen molar-refractivity contribution in [1.82, 2.24) is 0 Å². The van der Waals surface area contributed by atoms with Crippen LogP contribution in [0.3, 0.4) is 0 Å². The summed E-state index contributed by atoms with van der Waals surface area (Å²) in [5, 5.41) is 1.66. The summed E-state index contributed by atoms with van der Waals surface area (Å²) in [6.45, 7) is 6.92. The fraction of sp³-hybridized carbons (Fsp3) is 0.333. The Morgan fingerprint density at radius 3 is 2.35 bits per heavy atom. The van der Waals surface area contributed by atoms with Crippen LogP contribution >= 0.6 is 0 Å². The quantitative estimate of drug-likeness (QED) is 0.429. The standard InChI is InChI=1S/C15H17NSi.2ClH.Zr/c1-10-14(11-6-4-5-7-11)15-12(16-10)8-9-13(15)17(2)3;;;/h4-6,8H,7,9H2,1-3H3;2*1H;/q;;;+2/p-2. The van der Waals surface area contributed by atoms with Gasteiger partial charge in [0.25, 0.3) is 0 Å². The fourth-order valence-corrected chi connectivity index (χ4v) is 4.10. The van der Waals surface area contributed by atoms with Crippen LogP contribution in [-0.2, 0) is 26.2 Å². The van der Waals surface area contributed by atoms with E-state index in [1.165, 1.54) is 28.1 Å². The first-order chi connectivity index (χ1) is 8.18. The van der Waals surface area contributed by atoms with Gasteiger partial charge in [-0.15, -0.1) is 0 Å². The molecule has 0 spiro atoms. The summed E-state index contributed by atoms with van der Waals surface area (Å²) in [6, 6.07) is 0. The number of rotatable bonds is 1. The van der Waals surface area contributed by atoms with Crippen LogP contribution in [0.2, 0.25) is 13.1 Å². The minimum absolute atomic E-state index is 0. The van der Waals surface area contributed by atoms with Crippen molar-refractivity contribution in [3.8, 4) is 0 Å². The molecule has 5 heteroatoms. The third kappa shape index (κ3) is 3.32. The van der Waals surface area contributed by atoms with Crippen molar-refractivity contribution in [1.29, 1.82) is 0 Å². The molecule has 0 N–H and O–H groups in total. The Labute approximate surface area is 154 Å². The zero-order chi connectivity index (χ0) is 12.0. The molecule has 0 aromatic rings. The van der Waals surface area contributed by atoms with Gasteiger partial charge in [0.2, 0.25) is 0 Å². The van der Waals surface area contributed by atoms with Crippen LogP contribution in [-0.4, -0.2) is 19.3 Å². The Balaban J connectivity index is 0.00000120. The molecule has 0 unspecified atom stereocenters. The first kappa shape index (κ1) is 20.2. The van der Waals surface area contributed by atoms with Crippen LogP contribution < -0.4 is 24.8 Å².